The first-order valence-electron chi connectivity index (χ1n) is 6.52. The largest absolute Gasteiger partial charge is 0.355 e. The zero-order valence-corrected chi connectivity index (χ0v) is 14.4. The molecule has 0 atom stereocenters. The molecule has 1 N–H and O–H groups in total. The SMILES string of the molecule is Cc1ccc(SCCNC(=O)CSc2nnc(C)s2)cc1. The predicted octanol–water partition coefficient (Wildman–Crippen LogP) is 3.16. The first kappa shape index (κ1) is 16.3. The number of thioether (sulfide) groups is 2. The van der Waals surface area contributed by atoms with Gasteiger partial charge in [-0.2, -0.15) is 0 Å². The van der Waals surface area contributed by atoms with Gasteiger partial charge in [0.15, 0.2) is 4.34 Å². The van der Waals surface area contributed by atoms with E-state index in [-0.39, 0.29) is 5.91 Å². The number of hydrogen-bond donors (Lipinski definition) is 1. The number of carbonyl (C=O) groups excluding carboxylic acids is 1. The molecule has 0 aliphatic heterocycles. The van der Waals surface area contributed by atoms with E-state index in [0.717, 1.165) is 15.1 Å². The van der Waals surface area contributed by atoms with Crippen LogP contribution in [0.4, 0.5) is 0 Å². The predicted molar refractivity (Wildman–Crippen MR) is 90.3 cm³/mol. The zero-order valence-electron chi connectivity index (χ0n) is 12.0. The molecule has 0 unspecified atom stereocenters. The summed E-state index contributed by atoms with van der Waals surface area (Å²) >= 11 is 4.69. The maximum atomic E-state index is 11.7. The molecule has 7 heteroatoms. The topological polar surface area (TPSA) is 54.9 Å². The van der Waals surface area contributed by atoms with Gasteiger partial charge >= 0.3 is 0 Å². The Morgan fingerprint density at radius 2 is 1.95 bits per heavy atom. The van der Waals surface area contributed by atoms with E-state index in [1.807, 2.05) is 6.92 Å². The van der Waals surface area contributed by atoms with Crippen molar-refractivity contribution >= 4 is 40.8 Å². The quantitative estimate of drug-likeness (QED) is 0.620. The number of rotatable bonds is 7. The maximum Gasteiger partial charge on any atom is 0.230 e. The highest BCUT2D eigenvalue weighted by Gasteiger charge is 2.06. The van der Waals surface area contributed by atoms with E-state index in [1.54, 1.807) is 11.8 Å². The molecule has 4 nitrogen and oxygen atoms in total. The molecule has 1 aromatic carbocycles. The lowest BCUT2D eigenvalue weighted by atomic mass is 10.2. The molecule has 0 aliphatic rings. The molecule has 0 fully saturated rings. The third kappa shape index (κ3) is 6.07. The van der Waals surface area contributed by atoms with Gasteiger partial charge in [0.1, 0.15) is 5.01 Å². The van der Waals surface area contributed by atoms with Crippen molar-refractivity contribution in [1.82, 2.24) is 15.5 Å². The summed E-state index contributed by atoms with van der Waals surface area (Å²) in [6.07, 6.45) is 0. The number of benzene rings is 1. The van der Waals surface area contributed by atoms with Gasteiger partial charge in [-0.25, -0.2) is 0 Å². The molecule has 1 heterocycles. The second-order valence-corrected chi connectivity index (χ2v) is 7.96. The van der Waals surface area contributed by atoms with E-state index in [4.69, 9.17) is 0 Å². The first-order chi connectivity index (χ1) is 10.1. The lowest BCUT2D eigenvalue weighted by molar-refractivity contribution is -0.118. The number of aromatic nitrogens is 2. The maximum absolute atomic E-state index is 11.7. The average Bonchev–Trinajstić information content (AvgIpc) is 2.89. The minimum absolute atomic E-state index is 0.0392. The Kier molecular flexibility index (Phi) is 6.53. The molecule has 1 amide bonds. The van der Waals surface area contributed by atoms with Crippen molar-refractivity contribution in [2.45, 2.75) is 23.1 Å². The van der Waals surface area contributed by atoms with Crippen LogP contribution in [-0.4, -0.2) is 34.2 Å². The fourth-order valence-corrected chi connectivity index (χ4v) is 3.92. The highest BCUT2D eigenvalue weighted by Crippen LogP contribution is 2.21. The van der Waals surface area contributed by atoms with Gasteiger partial charge in [0.05, 0.1) is 5.75 Å². The highest BCUT2D eigenvalue weighted by molar-refractivity contribution is 8.01. The number of nitrogens with zero attached hydrogens (tertiary/aromatic N) is 2. The molecule has 0 bridgehead atoms. The molecule has 0 spiro atoms. The Balaban J connectivity index is 1.59. The normalized spacial score (nSPS) is 10.6. The summed E-state index contributed by atoms with van der Waals surface area (Å²) in [5, 5.41) is 11.7. The van der Waals surface area contributed by atoms with E-state index in [0.29, 0.717) is 12.3 Å². The van der Waals surface area contributed by atoms with Gasteiger partial charge in [0.2, 0.25) is 5.91 Å². The standard InChI is InChI=1S/C14H17N3OS3/c1-10-3-5-12(6-4-10)19-8-7-15-13(18)9-20-14-17-16-11(2)21-14/h3-6H,7-9H2,1-2H3,(H,15,18). The lowest BCUT2D eigenvalue weighted by Gasteiger charge is -2.04. The van der Waals surface area contributed by atoms with Gasteiger partial charge in [-0.05, 0) is 26.0 Å². The Hall–Kier alpha value is -1.05. The summed E-state index contributed by atoms with van der Waals surface area (Å²) in [5.41, 5.74) is 1.26. The van der Waals surface area contributed by atoms with Gasteiger partial charge in [0, 0.05) is 17.2 Å². The number of nitrogens with one attached hydrogen (secondary N) is 1. The van der Waals surface area contributed by atoms with Crippen LogP contribution in [-0.2, 0) is 4.79 Å². The minimum Gasteiger partial charge on any atom is -0.355 e. The van der Waals surface area contributed by atoms with E-state index in [2.05, 4.69) is 46.7 Å². The molecule has 0 saturated heterocycles. The summed E-state index contributed by atoms with van der Waals surface area (Å²) in [4.78, 5) is 12.9. The minimum atomic E-state index is 0.0392. The Morgan fingerprint density at radius 3 is 2.62 bits per heavy atom. The molecule has 2 aromatic rings. The third-order valence-corrected chi connectivity index (χ3v) is 5.53. The number of hydrogen-bond acceptors (Lipinski definition) is 6. The number of amides is 1. The Labute approximate surface area is 137 Å². The van der Waals surface area contributed by atoms with Gasteiger partial charge in [-0.1, -0.05) is 40.8 Å². The van der Waals surface area contributed by atoms with Crippen LogP contribution < -0.4 is 5.32 Å². The lowest BCUT2D eigenvalue weighted by Crippen LogP contribution is -2.27. The molecule has 1 aromatic heterocycles. The van der Waals surface area contributed by atoms with Crippen LogP contribution in [0.1, 0.15) is 10.6 Å². The van der Waals surface area contributed by atoms with Gasteiger partial charge in [-0.3, -0.25) is 4.79 Å². The molecule has 0 saturated carbocycles. The monoisotopic (exact) mass is 339 g/mol. The van der Waals surface area contributed by atoms with E-state index in [1.165, 1.54) is 33.6 Å². The third-order valence-electron chi connectivity index (χ3n) is 2.55. The molecular formula is C14H17N3OS3. The summed E-state index contributed by atoms with van der Waals surface area (Å²) < 4.78 is 0.844. The second-order valence-electron chi connectivity index (χ2n) is 4.39. The van der Waals surface area contributed by atoms with E-state index >= 15 is 0 Å². The molecule has 21 heavy (non-hydrogen) atoms. The Bertz CT molecular complexity index is 583. The molecule has 0 aliphatic carbocycles. The molecule has 2 rings (SSSR count). The summed E-state index contributed by atoms with van der Waals surface area (Å²) in [6.45, 7) is 4.66. The van der Waals surface area contributed by atoms with Crippen molar-refractivity contribution in [3.63, 3.8) is 0 Å². The molecule has 112 valence electrons. The van der Waals surface area contributed by atoms with Crippen LogP contribution >= 0.6 is 34.9 Å². The van der Waals surface area contributed by atoms with Crippen LogP contribution in [0.15, 0.2) is 33.5 Å². The number of carbonyl (C=O) groups is 1. The smallest absolute Gasteiger partial charge is 0.230 e. The van der Waals surface area contributed by atoms with Crippen molar-refractivity contribution < 1.29 is 4.79 Å². The van der Waals surface area contributed by atoms with Crippen molar-refractivity contribution in [1.29, 1.82) is 0 Å². The summed E-state index contributed by atoms with van der Waals surface area (Å²) in [5.74, 6) is 1.30. The number of aryl methyl sites for hydroxylation is 2. The van der Waals surface area contributed by atoms with Crippen molar-refractivity contribution in [2.75, 3.05) is 18.1 Å². The fraction of sp³-hybridized carbons (Fsp3) is 0.357. The van der Waals surface area contributed by atoms with Gasteiger partial charge < -0.3 is 5.32 Å². The second kappa shape index (κ2) is 8.41. The van der Waals surface area contributed by atoms with Crippen molar-refractivity contribution in [3.05, 3.63) is 34.8 Å². The van der Waals surface area contributed by atoms with Gasteiger partial charge in [-0.15, -0.1) is 22.0 Å². The van der Waals surface area contributed by atoms with E-state index < -0.39 is 0 Å². The van der Waals surface area contributed by atoms with E-state index in [9.17, 15) is 4.79 Å². The van der Waals surface area contributed by atoms with Crippen LogP contribution in [0, 0.1) is 13.8 Å². The average molecular weight is 340 g/mol. The molecular weight excluding hydrogens is 322 g/mol. The zero-order chi connectivity index (χ0) is 15.1. The van der Waals surface area contributed by atoms with Crippen molar-refractivity contribution in [2.24, 2.45) is 0 Å². The van der Waals surface area contributed by atoms with Gasteiger partial charge in [0.25, 0.3) is 0 Å². The van der Waals surface area contributed by atoms with Crippen LogP contribution in [0.3, 0.4) is 0 Å². The molecule has 0 radical (unpaired) electrons. The summed E-state index contributed by atoms with van der Waals surface area (Å²) in [6, 6.07) is 8.41. The Morgan fingerprint density at radius 1 is 1.19 bits per heavy atom. The highest BCUT2D eigenvalue weighted by atomic mass is 32.2. The van der Waals surface area contributed by atoms with Crippen molar-refractivity contribution in [3.8, 4) is 0 Å². The first-order valence-corrected chi connectivity index (χ1v) is 9.31. The fourth-order valence-electron chi connectivity index (χ4n) is 1.51. The summed E-state index contributed by atoms with van der Waals surface area (Å²) in [7, 11) is 0. The van der Waals surface area contributed by atoms with Crippen LogP contribution in [0.25, 0.3) is 0 Å². The van der Waals surface area contributed by atoms with Crippen LogP contribution in [0.5, 0.6) is 0 Å². The van der Waals surface area contributed by atoms with Crippen LogP contribution in [0.2, 0.25) is 0 Å².